The van der Waals surface area contributed by atoms with E-state index in [1.165, 1.54) is 10.6 Å². The van der Waals surface area contributed by atoms with Crippen LogP contribution in [0, 0.1) is 9.39 Å². The van der Waals surface area contributed by atoms with Gasteiger partial charge in [0.25, 0.3) is 11.5 Å². The van der Waals surface area contributed by atoms with Crippen LogP contribution in [-0.2, 0) is 29.2 Å². The molecule has 2 N–H and O–H groups in total. The lowest BCUT2D eigenvalue weighted by atomic mass is 10.0. The van der Waals surface area contributed by atoms with Crippen LogP contribution >= 0.6 is 22.6 Å². The number of nitrogens with one attached hydrogen (secondary N) is 2. The van der Waals surface area contributed by atoms with Crippen molar-refractivity contribution in [2.75, 3.05) is 18.5 Å². The summed E-state index contributed by atoms with van der Waals surface area (Å²) in [6.07, 6.45) is 2.00. The number of pyridine rings is 1. The molecule has 3 rings (SSSR count). The first-order chi connectivity index (χ1) is 15.8. The van der Waals surface area contributed by atoms with E-state index in [2.05, 4.69) is 44.7 Å². The lowest BCUT2D eigenvalue weighted by Crippen LogP contribution is -2.42. The summed E-state index contributed by atoms with van der Waals surface area (Å²) in [7, 11) is -0.330. The summed E-state index contributed by atoms with van der Waals surface area (Å²) in [6, 6.07) is 4.73. The Bertz CT molecular complexity index is 1140. The van der Waals surface area contributed by atoms with Crippen molar-refractivity contribution in [3.8, 4) is 0 Å². The summed E-state index contributed by atoms with van der Waals surface area (Å²) in [6.45, 7) is 11.3. The van der Waals surface area contributed by atoms with Gasteiger partial charge in [-0.15, -0.1) is 0 Å². The number of hydroxylamine groups is 1. The molecule has 0 bridgehead atoms. The SMILES string of the molecule is Cn1c(Nc2ccc(I)cc2F)c(C(=O)NOCCO[Si](C)(C)C(C)(C)C)c2c(c1=O)CCC2. The Morgan fingerprint density at radius 1 is 1.21 bits per heavy atom. The van der Waals surface area contributed by atoms with Crippen molar-refractivity contribution in [2.24, 2.45) is 7.05 Å². The number of hydrogen-bond donors (Lipinski definition) is 2. The smallest absolute Gasteiger partial charge is 0.278 e. The Morgan fingerprint density at radius 2 is 1.88 bits per heavy atom. The summed E-state index contributed by atoms with van der Waals surface area (Å²) in [5.41, 5.74) is 4.12. The molecular weight excluding hydrogens is 568 g/mol. The minimum absolute atomic E-state index is 0.0803. The van der Waals surface area contributed by atoms with Gasteiger partial charge in [-0.3, -0.25) is 19.0 Å². The van der Waals surface area contributed by atoms with Gasteiger partial charge in [-0.25, -0.2) is 9.87 Å². The molecule has 0 saturated carbocycles. The summed E-state index contributed by atoms with van der Waals surface area (Å²) in [5, 5.41) is 3.06. The molecule has 0 unspecified atom stereocenters. The molecule has 1 heterocycles. The van der Waals surface area contributed by atoms with Crippen molar-refractivity contribution in [3.05, 3.63) is 54.6 Å². The van der Waals surface area contributed by atoms with E-state index in [9.17, 15) is 14.0 Å². The highest BCUT2D eigenvalue weighted by Gasteiger charge is 2.37. The monoisotopic (exact) mass is 601 g/mol. The maximum atomic E-state index is 14.6. The molecule has 7 nitrogen and oxygen atoms in total. The van der Waals surface area contributed by atoms with Crippen LogP contribution in [0.15, 0.2) is 23.0 Å². The van der Waals surface area contributed by atoms with Crippen LogP contribution in [-0.4, -0.2) is 32.0 Å². The lowest BCUT2D eigenvalue weighted by molar-refractivity contribution is 0.0183. The zero-order valence-corrected chi connectivity index (χ0v) is 23.8. The lowest BCUT2D eigenvalue weighted by Gasteiger charge is -2.36. The molecule has 10 heteroatoms. The fraction of sp³-hybridized carbons (Fsp3) is 0.500. The van der Waals surface area contributed by atoms with Crippen LogP contribution in [0.25, 0.3) is 0 Å². The fourth-order valence-corrected chi connectivity index (χ4v) is 5.18. The van der Waals surface area contributed by atoms with Gasteiger partial charge < -0.3 is 9.74 Å². The predicted molar refractivity (Wildman–Crippen MR) is 143 cm³/mol. The van der Waals surface area contributed by atoms with Crippen LogP contribution < -0.4 is 16.4 Å². The summed E-state index contributed by atoms with van der Waals surface area (Å²) >= 11 is 2.03. The number of benzene rings is 1. The molecule has 1 aromatic heterocycles. The highest BCUT2D eigenvalue weighted by molar-refractivity contribution is 14.1. The highest BCUT2D eigenvalue weighted by Crippen LogP contribution is 2.36. The third kappa shape index (κ3) is 5.72. The number of aromatic nitrogens is 1. The number of hydrogen-bond acceptors (Lipinski definition) is 5. The van der Waals surface area contributed by atoms with Crippen molar-refractivity contribution in [3.63, 3.8) is 0 Å². The van der Waals surface area contributed by atoms with Gasteiger partial charge in [0, 0.05) is 16.2 Å². The van der Waals surface area contributed by atoms with Gasteiger partial charge in [-0.1, -0.05) is 20.8 Å². The van der Waals surface area contributed by atoms with Gasteiger partial charge >= 0.3 is 0 Å². The van der Waals surface area contributed by atoms with E-state index in [1.54, 1.807) is 19.2 Å². The van der Waals surface area contributed by atoms with E-state index in [0.29, 0.717) is 36.1 Å². The Kier molecular flexibility index (Phi) is 8.26. The van der Waals surface area contributed by atoms with Crippen molar-refractivity contribution in [1.29, 1.82) is 0 Å². The van der Waals surface area contributed by atoms with Gasteiger partial charge in [-0.05, 0) is 83.7 Å². The van der Waals surface area contributed by atoms with E-state index in [4.69, 9.17) is 9.26 Å². The fourth-order valence-electron chi connectivity index (χ4n) is 3.70. The standard InChI is InChI=1S/C24H33FIN3O4Si/c1-24(2,3)34(5,6)33-13-12-32-28-22(30)20-16-8-7-9-17(16)23(31)29(4)21(20)27-19-11-10-15(26)14-18(19)25/h10-11,14,27H,7-9,12-13H2,1-6H3,(H,28,30). The Morgan fingerprint density at radius 3 is 2.53 bits per heavy atom. The number of nitrogens with zero attached hydrogens (tertiary/aromatic N) is 1. The molecule has 1 aliphatic carbocycles. The molecule has 0 fully saturated rings. The molecule has 1 aliphatic rings. The minimum atomic E-state index is -1.91. The van der Waals surface area contributed by atoms with Gasteiger partial charge in [0.2, 0.25) is 0 Å². The highest BCUT2D eigenvalue weighted by atomic mass is 127. The summed E-state index contributed by atoms with van der Waals surface area (Å²) < 4.78 is 22.7. The molecule has 0 aliphatic heterocycles. The topological polar surface area (TPSA) is 81.6 Å². The third-order valence-electron chi connectivity index (χ3n) is 6.69. The minimum Gasteiger partial charge on any atom is -0.414 e. The predicted octanol–water partition coefficient (Wildman–Crippen LogP) is 5.04. The zero-order chi connectivity index (χ0) is 25.3. The Labute approximate surface area is 214 Å². The normalized spacial score (nSPS) is 13.6. The van der Waals surface area contributed by atoms with E-state index in [1.807, 2.05) is 22.6 Å². The first kappa shape index (κ1) is 26.8. The average molecular weight is 602 g/mol. The molecule has 34 heavy (non-hydrogen) atoms. The molecule has 0 spiro atoms. The molecule has 1 aromatic carbocycles. The molecule has 0 atom stereocenters. The molecule has 0 radical (unpaired) electrons. The van der Waals surface area contributed by atoms with Gasteiger partial charge in [-0.2, -0.15) is 0 Å². The van der Waals surface area contributed by atoms with Crippen LogP contribution in [0.1, 0.15) is 48.7 Å². The third-order valence-corrected chi connectivity index (χ3v) is 11.9. The Hall–Kier alpha value is -1.76. The van der Waals surface area contributed by atoms with Crippen LogP contribution in [0.3, 0.4) is 0 Å². The second kappa shape index (κ2) is 10.5. The average Bonchev–Trinajstić information content (AvgIpc) is 3.22. The van der Waals surface area contributed by atoms with Crippen LogP contribution in [0.2, 0.25) is 18.1 Å². The number of rotatable bonds is 8. The van der Waals surface area contributed by atoms with Crippen LogP contribution in [0.4, 0.5) is 15.9 Å². The number of carbonyl (C=O) groups excluding carboxylic acids is 1. The maximum absolute atomic E-state index is 14.6. The van der Waals surface area contributed by atoms with Crippen molar-refractivity contribution in [1.82, 2.24) is 10.0 Å². The van der Waals surface area contributed by atoms with Crippen LogP contribution in [0.5, 0.6) is 0 Å². The molecule has 1 amide bonds. The second-order valence-corrected chi connectivity index (χ2v) is 16.1. The first-order valence-corrected chi connectivity index (χ1v) is 15.3. The number of anilines is 2. The van der Waals surface area contributed by atoms with Gasteiger partial charge in [0.1, 0.15) is 11.6 Å². The van der Waals surface area contributed by atoms with Gasteiger partial charge in [0.15, 0.2) is 8.32 Å². The number of halogens is 2. The van der Waals surface area contributed by atoms with E-state index in [-0.39, 0.29) is 28.7 Å². The van der Waals surface area contributed by atoms with E-state index >= 15 is 0 Å². The molecule has 186 valence electrons. The summed E-state index contributed by atoms with van der Waals surface area (Å²) in [5.74, 6) is -0.705. The van der Waals surface area contributed by atoms with E-state index in [0.717, 1.165) is 9.99 Å². The number of carbonyl (C=O) groups is 1. The largest absolute Gasteiger partial charge is 0.414 e. The molecular formula is C24H33FIN3O4Si. The first-order valence-electron chi connectivity index (χ1n) is 11.4. The molecule has 0 saturated heterocycles. The Balaban J connectivity index is 1.81. The zero-order valence-electron chi connectivity index (χ0n) is 20.6. The molecule has 2 aromatic rings. The summed E-state index contributed by atoms with van der Waals surface area (Å²) in [4.78, 5) is 31.6. The quantitative estimate of drug-likeness (QED) is 0.192. The van der Waals surface area contributed by atoms with Crippen molar-refractivity contribution >= 4 is 48.3 Å². The maximum Gasteiger partial charge on any atom is 0.278 e. The second-order valence-electron chi connectivity index (χ2n) is 10.0. The van der Waals surface area contributed by atoms with Crippen molar-refractivity contribution in [2.45, 2.75) is 58.2 Å². The number of fused-ring (bicyclic) bond motifs is 1. The van der Waals surface area contributed by atoms with Crippen molar-refractivity contribution < 1.29 is 18.4 Å². The number of amides is 1. The van der Waals surface area contributed by atoms with E-state index < -0.39 is 20.0 Å². The van der Waals surface area contributed by atoms with Gasteiger partial charge in [0.05, 0.1) is 24.5 Å².